The largest absolute Gasteiger partial charge is 0.493 e. The molecule has 1 N–H and O–H groups in total. The Labute approximate surface area is 165 Å². The zero-order valence-corrected chi connectivity index (χ0v) is 16.5. The summed E-state index contributed by atoms with van der Waals surface area (Å²) in [6.45, 7) is 2.59. The topological polar surface area (TPSA) is 50.8 Å². The standard InChI is InChI=1S/C21H25ClN2O3/c1-26-19-10-9-18(12-20(19)27-2)23-21(25)16-4-3-11-24(14-16)13-15-5-7-17(22)8-6-15/h5-10,12,16H,3-4,11,13-14H2,1-2H3,(H,23,25). The van der Waals surface area contributed by atoms with E-state index < -0.39 is 0 Å². The summed E-state index contributed by atoms with van der Waals surface area (Å²) in [6.07, 6.45) is 1.91. The number of ether oxygens (including phenoxy) is 2. The highest BCUT2D eigenvalue weighted by atomic mass is 35.5. The number of carbonyl (C=O) groups is 1. The van der Waals surface area contributed by atoms with Crippen molar-refractivity contribution in [3.05, 3.63) is 53.1 Å². The van der Waals surface area contributed by atoms with Crippen LogP contribution in [0.2, 0.25) is 5.02 Å². The Morgan fingerprint density at radius 1 is 1.15 bits per heavy atom. The second kappa shape index (κ2) is 9.11. The van der Waals surface area contributed by atoms with E-state index >= 15 is 0 Å². The van der Waals surface area contributed by atoms with Crippen molar-refractivity contribution < 1.29 is 14.3 Å². The predicted octanol–water partition coefficient (Wildman–Crippen LogP) is 4.21. The summed E-state index contributed by atoms with van der Waals surface area (Å²) in [4.78, 5) is 15.1. The molecule has 2 aromatic carbocycles. The van der Waals surface area contributed by atoms with Crippen LogP contribution in [-0.2, 0) is 11.3 Å². The highest BCUT2D eigenvalue weighted by Crippen LogP contribution is 2.30. The van der Waals surface area contributed by atoms with E-state index in [2.05, 4.69) is 10.2 Å². The molecule has 6 heteroatoms. The molecule has 3 rings (SSSR count). The first-order valence-electron chi connectivity index (χ1n) is 9.08. The average Bonchev–Trinajstić information content (AvgIpc) is 2.70. The van der Waals surface area contributed by atoms with E-state index in [-0.39, 0.29) is 11.8 Å². The smallest absolute Gasteiger partial charge is 0.228 e. The summed E-state index contributed by atoms with van der Waals surface area (Å²) in [5, 5.41) is 3.75. The molecule has 2 aromatic rings. The molecule has 1 amide bonds. The van der Waals surface area contributed by atoms with Crippen LogP contribution in [0.4, 0.5) is 5.69 Å². The Morgan fingerprint density at radius 3 is 2.59 bits per heavy atom. The molecule has 0 bridgehead atoms. The van der Waals surface area contributed by atoms with Gasteiger partial charge in [-0.25, -0.2) is 0 Å². The quantitative estimate of drug-likeness (QED) is 0.805. The molecule has 0 aromatic heterocycles. The van der Waals surface area contributed by atoms with Crippen molar-refractivity contribution in [2.75, 3.05) is 32.6 Å². The van der Waals surface area contributed by atoms with E-state index in [1.54, 1.807) is 26.4 Å². The Bertz CT molecular complexity index is 779. The molecule has 1 fully saturated rings. The van der Waals surface area contributed by atoms with Gasteiger partial charge in [-0.3, -0.25) is 9.69 Å². The molecular weight excluding hydrogens is 364 g/mol. The van der Waals surface area contributed by atoms with Gasteiger partial charge in [0.1, 0.15) is 0 Å². The van der Waals surface area contributed by atoms with Gasteiger partial charge in [0.2, 0.25) is 5.91 Å². The number of hydrogen-bond donors (Lipinski definition) is 1. The van der Waals surface area contributed by atoms with Crippen molar-refractivity contribution in [2.45, 2.75) is 19.4 Å². The molecular formula is C21H25ClN2O3. The first kappa shape index (κ1) is 19.5. The van der Waals surface area contributed by atoms with E-state index in [0.717, 1.165) is 37.5 Å². The summed E-state index contributed by atoms with van der Waals surface area (Å²) >= 11 is 5.95. The van der Waals surface area contributed by atoms with Gasteiger partial charge >= 0.3 is 0 Å². The van der Waals surface area contributed by atoms with E-state index in [4.69, 9.17) is 21.1 Å². The van der Waals surface area contributed by atoms with Gasteiger partial charge in [-0.05, 0) is 49.2 Å². The molecule has 1 aliphatic heterocycles. The third-order valence-corrected chi connectivity index (χ3v) is 5.10. The minimum absolute atomic E-state index is 0.0286. The third-order valence-electron chi connectivity index (χ3n) is 4.85. The molecule has 0 spiro atoms. The molecule has 0 radical (unpaired) electrons. The predicted molar refractivity (Wildman–Crippen MR) is 108 cm³/mol. The number of hydrogen-bond acceptors (Lipinski definition) is 4. The molecule has 27 heavy (non-hydrogen) atoms. The van der Waals surface area contributed by atoms with Crippen molar-refractivity contribution in [3.63, 3.8) is 0 Å². The highest BCUT2D eigenvalue weighted by molar-refractivity contribution is 6.30. The van der Waals surface area contributed by atoms with Crippen LogP contribution in [0.15, 0.2) is 42.5 Å². The number of nitrogens with one attached hydrogen (secondary N) is 1. The number of methoxy groups -OCH3 is 2. The highest BCUT2D eigenvalue weighted by Gasteiger charge is 2.26. The van der Waals surface area contributed by atoms with Gasteiger partial charge in [-0.2, -0.15) is 0 Å². The lowest BCUT2D eigenvalue weighted by Crippen LogP contribution is -2.40. The number of piperidine rings is 1. The van der Waals surface area contributed by atoms with Crippen molar-refractivity contribution in [1.82, 2.24) is 4.90 Å². The fourth-order valence-corrected chi connectivity index (χ4v) is 3.55. The van der Waals surface area contributed by atoms with E-state index in [1.807, 2.05) is 30.3 Å². The van der Waals surface area contributed by atoms with Gasteiger partial charge < -0.3 is 14.8 Å². The molecule has 144 valence electrons. The number of nitrogens with zero attached hydrogens (tertiary/aromatic N) is 1. The lowest BCUT2D eigenvalue weighted by Gasteiger charge is -2.32. The summed E-state index contributed by atoms with van der Waals surface area (Å²) in [5.74, 6) is 1.26. The maximum Gasteiger partial charge on any atom is 0.228 e. The molecule has 0 saturated carbocycles. The summed E-state index contributed by atoms with van der Waals surface area (Å²) in [5.41, 5.74) is 1.92. The average molecular weight is 389 g/mol. The minimum atomic E-state index is -0.0286. The third kappa shape index (κ3) is 5.15. The molecule has 1 atom stereocenters. The Morgan fingerprint density at radius 2 is 1.89 bits per heavy atom. The SMILES string of the molecule is COc1ccc(NC(=O)C2CCCN(Cc3ccc(Cl)cc3)C2)cc1OC. The molecule has 1 unspecified atom stereocenters. The minimum Gasteiger partial charge on any atom is -0.493 e. The van der Waals surface area contributed by atoms with Crippen LogP contribution in [0.5, 0.6) is 11.5 Å². The monoisotopic (exact) mass is 388 g/mol. The van der Waals surface area contributed by atoms with Crippen LogP contribution in [0, 0.1) is 5.92 Å². The normalized spacial score (nSPS) is 17.4. The number of halogens is 1. The van der Waals surface area contributed by atoms with E-state index in [1.165, 1.54) is 5.56 Å². The van der Waals surface area contributed by atoms with Gasteiger partial charge in [0.05, 0.1) is 20.1 Å². The summed E-state index contributed by atoms with van der Waals surface area (Å²) in [6, 6.07) is 13.3. The van der Waals surface area contributed by atoms with Crippen molar-refractivity contribution in [3.8, 4) is 11.5 Å². The second-order valence-corrected chi connectivity index (χ2v) is 7.20. The van der Waals surface area contributed by atoms with Crippen LogP contribution in [0.3, 0.4) is 0 Å². The lowest BCUT2D eigenvalue weighted by atomic mass is 9.96. The van der Waals surface area contributed by atoms with Gasteiger partial charge in [-0.15, -0.1) is 0 Å². The zero-order chi connectivity index (χ0) is 19.2. The van der Waals surface area contributed by atoms with Gasteiger partial charge in [0, 0.05) is 29.9 Å². The molecule has 1 saturated heterocycles. The molecule has 1 aliphatic rings. The van der Waals surface area contributed by atoms with Crippen LogP contribution in [-0.4, -0.2) is 38.1 Å². The Balaban J connectivity index is 1.60. The first-order chi connectivity index (χ1) is 13.1. The number of amides is 1. The second-order valence-electron chi connectivity index (χ2n) is 6.76. The number of benzene rings is 2. The van der Waals surface area contributed by atoms with Crippen molar-refractivity contribution in [2.24, 2.45) is 5.92 Å². The maximum absolute atomic E-state index is 12.7. The van der Waals surface area contributed by atoms with Crippen LogP contribution < -0.4 is 14.8 Å². The van der Waals surface area contributed by atoms with E-state index in [9.17, 15) is 4.79 Å². The number of anilines is 1. The number of likely N-dealkylation sites (tertiary alicyclic amines) is 1. The summed E-state index contributed by atoms with van der Waals surface area (Å²) in [7, 11) is 3.17. The molecule has 0 aliphatic carbocycles. The van der Waals surface area contributed by atoms with E-state index in [0.29, 0.717) is 17.2 Å². The van der Waals surface area contributed by atoms with Gasteiger partial charge in [-0.1, -0.05) is 23.7 Å². The van der Waals surface area contributed by atoms with Gasteiger partial charge in [0.15, 0.2) is 11.5 Å². The lowest BCUT2D eigenvalue weighted by molar-refractivity contribution is -0.121. The van der Waals surface area contributed by atoms with Crippen molar-refractivity contribution in [1.29, 1.82) is 0 Å². The first-order valence-corrected chi connectivity index (χ1v) is 9.46. The fourth-order valence-electron chi connectivity index (χ4n) is 3.42. The molecule has 1 heterocycles. The number of rotatable bonds is 6. The fraction of sp³-hybridized carbons (Fsp3) is 0.381. The molecule has 5 nitrogen and oxygen atoms in total. The van der Waals surface area contributed by atoms with Crippen LogP contribution in [0.25, 0.3) is 0 Å². The van der Waals surface area contributed by atoms with Crippen LogP contribution >= 0.6 is 11.6 Å². The Hall–Kier alpha value is -2.24. The summed E-state index contributed by atoms with van der Waals surface area (Å²) < 4.78 is 10.5. The van der Waals surface area contributed by atoms with Crippen molar-refractivity contribution >= 4 is 23.2 Å². The van der Waals surface area contributed by atoms with Gasteiger partial charge in [0.25, 0.3) is 0 Å². The van der Waals surface area contributed by atoms with Crippen LogP contribution in [0.1, 0.15) is 18.4 Å². The number of carbonyl (C=O) groups excluding carboxylic acids is 1. The maximum atomic E-state index is 12.7. The Kier molecular flexibility index (Phi) is 6.58. The zero-order valence-electron chi connectivity index (χ0n) is 15.7.